The smallest absolute Gasteiger partial charge is 0.283 e. The Morgan fingerprint density at radius 3 is 2.40 bits per heavy atom. The summed E-state index contributed by atoms with van der Waals surface area (Å²) in [5.74, 6) is -0.202. The van der Waals surface area contributed by atoms with Crippen LogP contribution in [-0.4, -0.2) is 18.9 Å². The van der Waals surface area contributed by atoms with Crippen molar-refractivity contribution < 1.29 is 14.3 Å². The zero-order valence-corrected chi connectivity index (χ0v) is 17.5. The average molecular weight is 437 g/mol. The van der Waals surface area contributed by atoms with E-state index in [1.54, 1.807) is 49.6 Å². The second-order valence-corrected chi connectivity index (χ2v) is 7.92. The zero-order chi connectivity index (χ0) is 21.1. The molecule has 0 radical (unpaired) electrons. The molecule has 0 saturated carbocycles. The average Bonchev–Trinajstić information content (AvgIpc) is 2.98. The van der Waals surface area contributed by atoms with E-state index < -0.39 is 11.8 Å². The number of amides is 2. The molecule has 1 aliphatic rings. The van der Waals surface area contributed by atoms with E-state index in [1.807, 2.05) is 36.4 Å². The van der Waals surface area contributed by atoms with E-state index in [-0.39, 0.29) is 5.70 Å². The second kappa shape index (κ2) is 8.65. The van der Waals surface area contributed by atoms with Gasteiger partial charge in [0, 0.05) is 21.7 Å². The van der Waals surface area contributed by atoms with Crippen LogP contribution >= 0.6 is 23.4 Å². The summed E-state index contributed by atoms with van der Waals surface area (Å²) in [6.45, 7) is 0. The molecule has 0 atom stereocenters. The maximum Gasteiger partial charge on any atom is 0.283 e. The Kier molecular flexibility index (Phi) is 5.79. The first-order valence-electron chi connectivity index (χ1n) is 9.09. The topological polar surface area (TPSA) is 58.6 Å². The lowest BCUT2D eigenvalue weighted by Gasteiger charge is -2.15. The Morgan fingerprint density at radius 1 is 0.900 bits per heavy atom. The summed E-state index contributed by atoms with van der Waals surface area (Å²) < 4.78 is 5.26. The van der Waals surface area contributed by atoms with Gasteiger partial charge in [-0.3, -0.25) is 9.59 Å². The van der Waals surface area contributed by atoms with Gasteiger partial charge in [0.25, 0.3) is 11.8 Å². The normalized spacial score (nSPS) is 13.7. The largest absolute Gasteiger partial charge is 0.497 e. The lowest BCUT2D eigenvalue weighted by molar-refractivity contribution is -0.120. The first kappa shape index (κ1) is 20.1. The highest BCUT2D eigenvalue weighted by atomic mass is 35.5. The van der Waals surface area contributed by atoms with Gasteiger partial charge >= 0.3 is 0 Å². The van der Waals surface area contributed by atoms with Crippen LogP contribution in [0.1, 0.15) is 0 Å². The summed E-state index contributed by atoms with van der Waals surface area (Å²) in [7, 11) is 1.57. The number of benzene rings is 3. The van der Waals surface area contributed by atoms with Crippen molar-refractivity contribution in [2.24, 2.45) is 0 Å². The quantitative estimate of drug-likeness (QED) is 0.529. The summed E-state index contributed by atoms with van der Waals surface area (Å²) in [6, 6.07) is 23.3. The molecule has 5 nitrogen and oxygen atoms in total. The Labute approximate surface area is 183 Å². The van der Waals surface area contributed by atoms with Gasteiger partial charge in [0.15, 0.2) is 0 Å². The fraction of sp³-hybridized carbons (Fsp3) is 0.0435. The van der Waals surface area contributed by atoms with Crippen molar-refractivity contribution in [2.45, 2.75) is 4.90 Å². The second-order valence-electron chi connectivity index (χ2n) is 6.40. The number of hydrogen-bond acceptors (Lipinski definition) is 5. The Balaban J connectivity index is 1.75. The molecule has 0 aromatic heterocycles. The third-order valence-electron chi connectivity index (χ3n) is 4.41. The molecule has 0 fully saturated rings. The van der Waals surface area contributed by atoms with Crippen LogP contribution in [0.25, 0.3) is 0 Å². The molecule has 1 N–H and O–H groups in total. The van der Waals surface area contributed by atoms with Crippen LogP contribution in [0.4, 0.5) is 11.4 Å². The maximum absolute atomic E-state index is 13.3. The number of ether oxygens (including phenoxy) is 1. The number of nitrogens with zero attached hydrogens (tertiary/aromatic N) is 1. The van der Waals surface area contributed by atoms with Gasteiger partial charge in [-0.2, -0.15) is 0 Å². The van der Waals surface area contributed by atoms with E-state index in [1.165, 1.54) is 11.8 Å². The fourth-order valence-electron chi connectivity index (χ4n) is 3.02. The third kappa shape index (κ3) is 4.06. The molecule has 0 bridgehead atoms. The van der Waals surface area contributed by atoms with E-state index in [9.17, 15) is 9.59 Å². The van der Waals surface area contributed by atoms with E-state index in [0.717, 1.165) is 9.80 Å². The molecule has 30 heavy (non-hydrogen) atoms. The molecular weight excluding hydrogens is 420 g/mol. The molecule has 1 heterocycles. The van der Waals surface area contributed by atoms with Crippen LogP contribution in [0.2, 0.25) is 5.02 Å². The van der Waals surface area contributed by atoms with E-state index in [4.69, 9.17) is 16.3 Å². The molecular formula is C23H17ClN2O3S. The third-order valence-corrected chi connectivity index (χ3v) is 5.74. The molecule has 0 spiro atoms. The minimum atomic E-state index is -0.441. The van der Waals surface area contributed by atoms with Crippen LogP contribution in [0.15, 0.2) is 94.4 Å². The van der Waals surface area contributed by atoms with Gasteiger partial charge in [0.05, 0.1) is 12.8 Å². The van der Waals surface area contributed by atoms with E-state index >= 15 is 0 Å². The van der Waals surface area contributed by atoms with Crippen LogP contribution in [-0.2, 0) is 9.59 Å². The number of carbonyl (C=O) groups is 2. The van der Waals surface area contributed by atoms with Crippen molar-refractivity contribution >= 4 is 46.6 Å². The Hall–Kier alpha value is -3.22. The number of carbonyl (C=O) groups excluding carboxylic acids is 2. The summed E-state index contributed by atoms with van der Waals surface area (Å²) in [5, 5.41) is 3.56. The summed E-state index contributed by atoms with van der Waals surface area (Å²) >= 11 is 7.33. The molecule has 150 valence electrons. The van der Waals surface area contributed by atoms with Gasteiger partial charge in [-0.1, -0.05) is 53.7 Å². The lowest BCUT2D eigenvalue weighted by atomic mass is 10.2. The number of thioether (sulfide) groups is 1. The van der Waals surface area contributed by atoms with E-state index in [2.05, 4.69) is 5.32 Å². The van der Waals surface area contributed by atoms with Gasteiger partial charge in [-0.25, -0.2) is 4.90 Å². The van der Waals surface area contributed by atoms with Gasteiger partial charge < -0.3 is 10.1 Å². The highest BCUT2D eigenvalue weighted by Gasteiger charge is 2.40. The zero-order valence-electron chi connectivity index (χ0n) is 16.0. The SMILES string of the molecule is COc1cccc(NC2=C(Sc3ccccc3)C(=O)N(c3cccc(Cl)c3)C2=O)c1. The van der Waals surface area contributed by atoms with Crippen molar-refractivity contribution in [3.05, 3.63) is 94.5 Å². The number of imide groups is 1. The van der Waals surface area contributed by atoms with Crippen molar-refractivity contribution in [2.75, 3.05) is 17.3 Å². The van der Waals surface area contributed by atoms with Crippen LogP contribution < -0.4 is 15.0 Å². The molecule has 0 aliphatic carbocycles. The number of methoxy groups -OCH3 is 1. The maximum atomic E-state index is 13.3. The first-order chi connectivity index (χ1) is 14.6. The summed E-state index contributed by atoms with van der Waals surface area (Å²) in [4.78, 5) is 28.9. The van der Waals surface area contributed by atoms with E-state index in [0.29, 0.717) is 27.1 Å². The van der Waals surface area contributed by atoms with Gasteiger partial charge in [-0.15, -0.1) is 0 Å². The Bertz CT molecular complexity index is 1150. The van der Waals surface area contributed by atoms with Gasteiger partial charge in [-0.05, 0) is 42.5 Å². The van der Waals surface area contributed by atoms with Crippen LogP contribution in [0, 0.1) is 0 Å². The lowest BCUT2D eigenvalue weighted by Crippen LogP contribution is -2.32. The molecule has 7 heteroatoms. The molecule has 4 rings (SSSR count). The molecule has 3 aromatic carbocycles. The van der Waals surface area contributed by atoms with Gasteiger partial charge in [0.2, 0.25) is 0 Å². The van der Waals surface area contributed by atoms with Crippen molar-refractivity contribution in [3.8, 4) is 5.75 Å². The highest BCUT2D eigenvalue weighted by molar-refractivity contribution is 8.04. The molecule has 0 unspecified atom stereocenters. The predicted octanol–water partition coefficient (Wildman–Crippen LogP) is 5.34. The summed E-state index contributed by atoms with van der Waals surface area (Å²) in [5.41, 5.74) is 1.28. The number of nitrogens with one attached hydrogen (secondary N) is 1. The molecule has 0 saturated heterocycles. The van der Waals surface area contributed by atoms with Crippen LogP contribution in [0.3, 0.4) is 0 Å². The number of hydrogen-bond donors (Lipinski definition) is 1. The predicted molar refractivity (Wildman–Crippen MR) is 120 cm³/mol. The number of rotatable bonds is 6. The number of anilines is 2. The minimum absolute atomic E-state index is 0.210. The molecule has 1 aliphatic heterocycles. The van der Waals surface area contributed by atoms with Crippen molar-refractivity contribution in [3.63, 3.8) is 0 Å². The molecule has 3 aromatic rings. The van der Waals surface area contributed by atoms with Gasteiger partial charge in [0.1, 0.15) is 16.4 Å². The number of halogens is 1. The summed E-state index contributed by atoms with van der Waals surface area (Å²) in [6.07, 6.45) is 0. The first-order valence-corrected chi connectivity index (χ1v) is 10.3. The standard InChI is InChI=1S/C23H17ClN2O3S/c1-29-18-10-6-8-16(14-18)25-20-21(30-19-11-3-2-4-12-19)23(28)26(22(20)27)17-9-5-7-15(24)13-17/h2-14,25H,1H3. The van der Waals surface area contributed by atoms with Crippen LogP contribution in [0.5, 0.6) is 5.75 Å². The molecule has 2 amide bonds. The fourth-order valence-corrected chi connectivity index (χ4v) is 4.15. The van der Waals surface area contributed by atoms with Crippen molar-refractivity contribution in [1.29, 1.82) is 0 Å². The highest BCUT2D eigenvalue weighted by Crippen LogP contribution is 2.38. The minimum Gasteiger partial charge on any atom is -0.497 e. The Morgan fingerprint density at radius 2 is 1.67 bits per heavy atom. The van der Waals surface area contributed by atoms with Crippen molar-refractivity contribution in [1.82, 2.24) is 0 Å². The monoisotopic (exact) mass is 436 g/mol.